The molecule has 5 aromatic carbocycles. The molecule has 0 aliphatic carbocycles. The number of hydrogen-bond acceptors (Lipinski definition) is 7. The van der Waals surface area contributed by atoms with Gasteiger partial charge < -0.3 is 17.2 Å². The van der Waals surface area contributed by atoms with Gasteiger partial charge in [0.05, 0.1) is 5.56 Å². The smallest absolute Gasteiger partial charge is 0.267 e. The van der Waals surface area contributed by atoms with E-state index in [1.54, 1.807) is 42.5 Å². The summed E-state index contributed by atoms with van der Waals surface area (Å²) in [5.41, 5.74) is 18.2. The highest BCUT2D eigenvalue weighted by Gasteiger charge is 2.23. The highest BCUT2D eigenvalue weighted by molar-refractivity contribution is 9.10. The summed E-state index contributed by atoms with van der Waals surface area (Å²) in [5, 5.41) is 27.8. The van der Waals surface area contributed by atoms with Gasteiger partial charge in [0.25, 0.3) is 17.7 Å². The van der Waals surface area contributed by atoms with Gasteiger partial charge in [-0.05, 0) is 68.5 Å². The first-order valence-corrected chi connectivity index (χ1v) is 16.7. The van der Waals surface area contributed by atoms with Crippen LogP contribution >= 0.6 is 15.9 Å². The molecule has 0 saturated heterocycles. The van der Waals surface area contributed by atoms with Gasteiger partial charge in [-0.1, -0.05) is 109 Å². The van der Waals surface area contributed by atoms with Crippen molar-refractivity contribution in [1.82, 2.24) is 15.5 Å². The number of halogens is 1. The largest absolute Gasteiger partial charge is 0.370 e. The molecule has 4 amide bonds. The number of nitrogens with zero attached hydrogens (tertiary/aromatic N) is 1. The number of nitrogens with two attached hydrogens (primary N) is 3. The van der Waals surface area contributed by atoms with E-state index in [1.165, 1.54) is 6.08 Å². The second-order valence-corrected chi connectivity index (χ2v) is 11.7. The highest BCUT2D eigenvalue weighted by atomic mass is 79.9. The van der Waals surface area contributed by atoms with Crippen molar-refractivity contribution in [2.75, 3.05) is 0 Å². The Hall–Kier alpha value is -6.93. The van der Waals surface area contributed by atoms with Crippen LogP contribution in [0, 0.1) is 16.2 Å². The van der Waals surface area contributed by atoms with Gasteiger partial charge in [-0.15, -0.1) is 0 Å². The number of amides is 4. The molecular weight excluding hydrogens is 738 g/mol. The van der Waals surface area contributed by atoms with Crippen LogP contribution in [-0.2, 0) is 16.0 Å². The molecule has 14 heteroatoms. The monoisotopic (exact) mass is 775 g/mol. The Bertz CT molecular complexity index is 2110. The first kappa shape index (κ1) is 40.5. The van der Waals surface area contributed by atoms with Gasteiger partial charge in [-0.3, -0.25) is 46.0 Å². The molecule has 11 N–H and O–H groups in total. The van der Waals surface area contributed by atoms with E-state index in [0.717, 1.165) is 21.9 Å². The lowest BCUT2D eigenvalue weighted by molar-refractivity contribution is -0.121. The van der Waals surface area contributed by atoms with Crippen molar-refractivity contribution in [2.24, 2.45) is 17.2 Å². The molecule has 5 aromatic rings. The number of rotatable bonds is 7. The Morgan fingerprint density at radius 2 is 1.23 bits per heavy atom. The van der Waals surface area contributed by atoms with Gasteiger partial charge in [0, 0.05) is 22.5 Å². The van der Waals surface area contributed by atoms with Crippen LogP contribution in [0.5, 0.6) is 0 Å². The van der Waals surface area contributed by atoms with E-state index in [2.05, 4.69) is 26.6 Å². The molecule has 13 nitrogen and oxygen atoms in total. The van der Waals surface area contributed by atoms with Crippen LogP contribution in [0.15, 0.2) is 138 Å². The van der Waals surface area contributed by atoms with Crippen molar-refractivity contribution in [1.29, 1.82) is 16.2 Å². The summed E-state index contributed by atoms with van der Waals surface area (Å²) in [4.78, 5) is 47.9. The molecular formula is C39H38BrN9O4. The number of nitrogens with one attached hydrogen (secondary N) is 5. The van der Waals surface area contributed by atoms with Crippen molar-refractivity contribution in [2.45, 2.75) is 12.8 Å². The number of aryl methyl sites for hydroxylation is 1. The zero-order chi connectivity index (χ0) is 38.8. The minimum absolute atomic E-state index is 0.221. The lowest BCUT2D eigenvalue weighted by Crippen LogP contribution is -2.44. The maximum absolute atomic E-state index is 12.3. The molecule has 0 heterocycles. The number of benzene rings is 5. The Balaban J connectivity index is 0.000000220. The van der Waals surface area contributed by atoms with Crippen LogP contribution in [0.3, 0.4) is 0 Å². The fourth-order valence-electron chi connectivity index (χ4n) is 4.56. The molecule has 0 aliphatic heterocycles. The van der Waals surface area contributed by atoms with E-state index >= 15 is 0 Å². The third-order valence-electron chi connectivity index (χ3n) is 7.02. The SMILES string of the molecule is N=C(N)N(C(=O)C=Cc1ccccc1)C(=O)c1ccccc1.N=C(N)NC(=O)CCc1ccccc1.N=C(N)NC(=O)c1ccc2ccccc2c1Br. The maximum atomic E-state index is 12.3. The van der Waals surface area contributed by atoms with Crippen molar-refractivity contribution in [3.8, 4) is 0 Å². The molecule has 0 saturated carbocycles. The van der Waals surface area contributed by atoms with E-state index in [9.17, 15) is 19.2 Å². The number of fused-ring (bicyclic) bond motifs is 1. The molecule has 0 unspecified atom stereocenters. The van der Waals surface area contributed by atoms with Crippen molar-refractivity contribution >= 4 is 74.3 Å². The fourth-order valence-corrected chi connectivity index (χ4v) is 5.23. The predicted molar refractivity (Wildman–Crippen MR) is 211 cm³/mol. The average molecular weight is 777 g/mol. The number of imide groups is 1. The minimum atomic E-state index is -0.662. The number of hydrogen-bond donors (Lipinski definition) is 8. The third-order valence-corrected chi connectivity index (χ3v) is 7.87. The zero-order valence-corrected chi connectivity index (χ0v) is 30.0. The summed E-state index contributed by atoms with van der Waals surface area (Å²) in [6.45, 7) is 0. The topological polar surface area (TPSA) is 245 Å². The lowest BCUT2D eigenvalue weighted by atomic mass is 10.1. The van der Waals surface area contributed by atoms with E-state index in [4.69, 9.17) is 33.4 Å². The summed E-state index contributed by atoms with van der Waals surface area (Å²) in [6.07, 6.45) is 3.80. The van der Waals surface area contributed by atoms with Crippen molar-refractivity contribution in [3.63, 3.8) is 0 Å². The molecule has 53 heavy (non-hydrogen) atoms. The maximum Gasteiger partial charge on any atom is 0.267 e. The van der Waals surface area contributed by atoms with Gasteiger partial charge in [0.2, 0.25) is 11.9 Å². The quantitative estimate of drug-likeness (QED) is 0.0630. The van der Waals surface area contributed by atoms with Gasteiger partial charge in [0.1, 0.15) is 0 Å². The van der Waals surface area contributed by atoms with Gasteiger partial charge in [-0.25, -0.2) is 4.90 Å². The first-order chi connectivity index (χ1) is 25.4. The second-order valence-electron chi connectivity index (χ2n) is 10.9. The van der Waals surface area contributed by atoms with Gasteiger partial charge in [0.15, 0.2) is 11.9 Å². The molecule has 270 valence electrons. The Morgan fingerprint density at radius 3 is 1.81 bits per heavy atom. The minimum Gasteiger partial charge on any atom is -0.370 e. The molecule has 0 aromatic heterocycles. The fraction of sp³-hybridized carbons (Fsp3) is 0.0513. The van der Waals surface area contributed by atoms with E-state index < -0.39 is 23.7 Å². The van der Waals surface area contributed by atoms with Crippen molar-refractivity contribution < 1.29 is 19.2 Å². The van der Waals surface area contributed by atoms with Crippen LogP contribution in [0.2, 0.25) is 0 Å². The molecule has 0 bridgehead atoms. The Morgan fingerprint density at radius 1 is 0.679 bits per heavy atom. The summed E-state index contributed by atoms with van der Waals surface area (Å²) in [6, 6.07) is 38.4. The molecule has 0 radical (unpaired) electrons. The van der Waals surface area contributed by atoms with Gasteiger partial charge >= 0.3 is 0 Å². The van der Waals surface area contributed by atoms with Gasteiger partial charge in [-0.2, -0.15) is 0 Å². The third kappa shape index (κ3) is 13.4. The summed E-state index contributed by atoms with van der Waals surface area (Å²) >= 11 is 3.40. The van der Waals surface area contributed by atoms with Crippen LogP contribution in [0.25, 0.3) is 16.8 Å². The van der Waals surface area contributed by atoms with E-state index in [0.29, 0.717) is 33.3 Å². The average Bonchev–Trinajstić information content (AvgIpc) is 3.14. The van der Waals surface area contributed by atoms with Crippen LogP contribution in [-0.4, -0.2) is 46.4 Å². The highest BCUT2D eigenvalue weighted by Crippen LogP contribution is 2.27. The summed E-state index contributed by atoms with van der Waals surface area (Å²) < 4.78 is 0.703. The molecule has 0 aliphatic rings. The van der Waals surface area contributed by atoms with Crippen LogP contribution in [0.1, 0.15) is 38.3 Å². The number of guanidine groups is 3. The predicted octanol–water partition coefficient (Wildman–Crippen LogP) is 5.12. The summed E-state index contributed by atoms with van der Waals surface area (Å²) in [5.74, 6) is -3.19. The van der Waals surface area contributed by atoms with E-state index in [1.807, 2.05) is 91.0 Å². The standard InChI is InChI=1S/C17H15N3O2.C12H10BrN3O.C10H13N3O/c18-17(19)20(16(22)14-9-5-2-6-10-14)15(21)12-11-13-7-3-1-4-8-13;13-10-8-4-2-1-3-7(8)5-6-9(10)11(17)16-12(14)15;11-10(12)13-9(14)7-6-8-4-2-1-3-5-8/h1-12H,(H3,18,19);1-6H,(H4,14,15,16,17);1-5H,6-7H2,(H4,11,12,13,14). The normalized spacial score (nSPS) is 10.1. The Labute approximate surface area is 314 Å². The van der Waals surface area contributed by atoms with E-state index in [-0.39, 0.29) is 17.8 Å². The molecule has 0 atom stereocenters. The second kappa shape index (κ2) is 20.7. The van der Waals surface area contributed by atoms with Crippen LogP contribution in [0.4, 0.5) is 0 Å². The Kier molecular flexibility index (Phi) is 15.8. The van der Waals surface area contributed by atoms with Crippen LogP contribution < -0.4 is 27.8 Å². The number of carbonyl (C=O) groups excluding carboxylic acids is 4. The molecule has 0 fully saturated rings. The molecule has 5 rings (SSSR count). The summed E-state index contributed by atoms with van der Waals surface area (Å²) in [7, 11) is 0. The molecule has 0 spiro atoms. The van der Waals surface area contributed by atoms with Crippen molar-refractivity contribution in [3.05, 3.63) is 160 Å². The first-order valence-electron chi connectivity index (χ1n) is 15.9. The lowest BCUT2D eigenvalue weighted by Gasteiger charge is -2.16. The number of carbonyl (C=O) groups is 4. The zero-order valence-electron chi connectivity index (χ0n) is 28.4.